The lowest BCUT2D eigenvalue weighted by Crippen LogP contribution is -2.46. The van der Waals surface area contributed by atoms with E-state index in [9.17, 15) is 9.59 Å². The number of pyridine rings is 2. The van der Waals surface area contributed by atoms with E-state index < -0.39 is 0 Å². The minimum absolute atomic E-state index is 0.00186. The molecule has 152 valence electrons. The molecule has 1 atom stereocenters. The first-order valence-electron chi connectivity index (χ1n) is 10.5. The molecule has 0 spiro atoms. The summed E-state index contributed by atoms with van der Waals surface area (Å²) in [7, 11) is 0. The van der Waals surface area contributed by atoms with Crippen molar-refractivity contribution >= 4 is 28.4 Å². The maximum Gasteiger partial charge on any atom is 0.278 e. The van der Waals surface area contributed by atoms with Crippen LogP contribution < -0.4 is 21.2 Å². The number of nitrogens with one attached hydrogen (secondary N) is 1. The molecule has 1 saturated carbocycles. The summed E-state index contributed by atoms with van der Waals surface area (Å²) in [6.07, 6.45) is 7.93. The van der Waals surface area contributed by atoms with Gasteiger partial charge in [-0.15, -0.1) is 0 Å². The van der Waals surface area contributed by atoms with Crippen LogP contribution >= 0.6 is 0 Å². The van der Waals surface area contributed by atoms with E-state index in [0.717, 1.165) is 32.1 Å². The van der Waals surface area contributed by atoms with Crippen LogP contribution in [0.3, 0.4) is 0 Å². The topological polar surface area (TPSA) is 93.4 Å². The average molecular weight is 394 g/mol. The number of carbonyl (C=O) groups excluding carboxylic acids is 1. The van der Waals surface area contributed by atoms with Gasteiger partial charge in [0.25, 0.3) is 17.1 Å². The van der Waals surface area contributed by atoms with Gasteiger partial charge in [-0.1, -0.05) is 37.2 Å². The van der Waals surface area contributed by atoms with E-state index in [1.807, 2.05) is 24.5 Å². The van der Waals surface area contributed by atoms with Gasteiger partial charge in [-0.05, 0) is 44.4 Å². The summed E-state index contributed by atoms with van der Waals surface area (Å²) in [5.41, 5.74) is 7.70. The molecule has 1 aliphatic carbocycles. The zero-order chi connectivity index (χ0) is 20.5. The molecule has 0 aliphatic heterocycles. The van der Waals surface area contributed by atoms with Gasteiger partial charge < -0.3 is 11.1 Å². The highest BCUT2D eigenvalue weighted by atomic mass is 16.2. The zero-order valence-electron chi connectivity index (χ0n) is 17.0. The molecule has 29 heavy (non-hydrogen) atoms. The summed E-state index contributed by atoms with van der Waals surface area (Å²) < 4.78 is 3.34. The van der Waals surface area contributed by atoms with E-state index in [1.165, 1.54) is 10.8 Å². The number of anilines is 1. The molecule has 7 heteroatoms. The lowest BCUT2D eigenvalue weighted by Gasteiger charge is -2.23. The summed E-state index contributed by atoms with van der Waals surface area (Å²) in [5.74, 6) is 0.137. The van der Waals surface area contributed by atoms with Crippen molar-refractivity contribution in [1.29, 1.82) is 0 Å². The Hall–Kier alpha value is -2.96. The van der Waals surface area contributed by atoms with Crippen molar-refractivity contribution in [3.63, 3.8) is 0 Å². The lowest BCUT2D eigenvalue weighted by atomic mass is 9.95. The van der Waals surface area contributed by atoms with E-state index in [2.05, 4.69) is 5.32 Å². The van der Waals surface area contributed by atoms with Crippen LogP contribution in [-0.4, -0.2) is 21.3 Å². The summed E-state index contributed by atoms with van der Waals surface area (Å²) in [6, 6.07) is 7.20. The van der Waals surface area contributed by atoms with Gasteiger partial charge in [-0.25, -0.2) is 4.57 Å². The summed E-state index contributed by atoms with van der Waals surface area (Å²) in [6.45, 7) is 4.07. The largest absolute Gasteiger partial charge is 0.349 e. The van der Waals surface area contributed by atoms with Crippen molar-refractivity contribution < 1.29 is 9.36 Å². The first-order chi connectivity index (χ1) is 14.0. The van der Waals surface area contributed by atoms with Crippen LogP contribution in [0.2, 0.25) is 0 Å². The molecule has 3 aromatic heterocycles. The Morgan fingerprint density at radius 2 is 2.10 bits per heavy atom. The maximum atomic E-state index is 13.2. The second kappa shape index (κ2) is 7.81. The van der Waals surface area contributed by atoms with Crippen LogP contribution in [-0.2, 0) is 0 Å². The number of rotatable bonds is 4. The molecule has 3 aromatic rings. The Bertz CT molecular complexity index is 1130. The van der Waals surface area contributed by atoms with Crippen molar-refractivity contribution in [1.82, 2.24) is 14.7 Å². The van der Waals surface area contributed by atoms with Crippen molar-refractivity contribution in [3.8, 4) is 0 Å². The molecule has 0 aromatic carbocycles. The number of aromatic nitrogens is 3. The smallest absolute Gasteiger partial charge is 0.278 e. The molecule has 7 nitrogen and oxygen atoms in total. The fourth-order valence-corrected chi connectivity index (χ4v) is 4.18. The number of hydrogen-bond donors (Lipinski definition) is 2. The van der Waals surface area contributed by atoms with Gasteiger partial charge in [0.1, 0.15) is 10.9 Å². The van der Waals surface area contributed by atoms with Crippen molar-refractivity contribution in [2.24, 2.45) is 0 Å². The Labute approximate surface area is 169 Å². The molecule has 1 amide bonds. The third-order valence-electron chi connectivity index (χ3n) is 6.02. The predicted molar refractivity (Wildman–Crippen MR) is 113 cm³/mol. The van der Waals surface area contributed by atoms with Crippen LogP contribution in [0.1, 0.15) is 68.8 Å². The van der Waals surface area contributed by atoms with Crippen LogP contribution in [0.4, 0.5) is 5.82 Å². The third kappa shape index (κ3) is 3.45. The molecule has 1 aliphatic rings. The molecule has 0 unspecified atom stereocenters. The Balaban J connectivity index is 1.92. The lowest BCUT2D eigenvalue weighted by molar-refractivity contribution is -0.683. The first kappa shape index (κ1) is 19.4. The Kier molecular flexibility index (Phi) is 5.22. The van der Waals surface area contributed by atoms with E-state index in [4.69, 9.17) is 10.7 Å². The fraction of sp³-hybridized carbons (Fsp3) is 0.455. The predicted octanol–water partition coefficient (Wildman–Crippen LogP) is 2.75. The molecule has 0 radical (unpaired) electrons. The van der Waals surface area contributed by atoms with E-state index in [1.54, 1.807) is 24.4 Å². The number of nitrogens with two attached hydrogens (primary N) is 1. The van der Waals surface area contributed by atoms with E-state index >= 15 is 0 Å². The second-order valence-corrected chi connectivity index (χ2v) is 7.96. The minimum Gasteiger partial charge on any atom is -0.349 e. The standard InChI is InChI=1S/C22H27N5O2/c1-3-14(2)27-19(23)16(21(28)24-15-9-5-4-6-10-15)13-17-20(27)25-18-11-7-8-12-26(18)22(17)29/h7-8,11-15,23H,3-6,9-10H2,1-2H3,(H,24,28)/p+1/t14-/m0/s1. The zero-order valence-corrected chi connectivity index (χ0v) is 17.0. The highest BCUT2D eigenvalue weighted by Crippen LogP contribution is 2.21. The molecule has 4 rings (SSSR count). The van der Waals surface area contributed by atoms with Crippen LogP contribution in [0, 0.1) is 0 Å². The summed E-state index contributed by atoms with van der Waals surface area (Å²) >= 11 is 0. The van der Waals surface area contributed by atoms with Gasteiger partial charge in [0, 0.05) is 12.2 Å². The van der Waals surface area contributed by atoms with E-state index in [-0.39, 0.29) is 23.6 Å². The molecule has 3 N–H and O–H groups in total. The number of amides is 1. The molecule has 0 saturated heterocycles. The number of nitrogens with zero attached hydrogens (tertiary/aromatic N) is 3. The van der Waals surface area contributed by atoms with Gasteiger partial charge in [0.2, 0.25) is 11.5 Å². The van der Waals surface area contributed by atoms with Gasteiger partial charge in [-0.2, -0.15) is 0 Å². The van der Waals surface area contributed by atoms with Gasteiger partial charge in [0.15, 0.2) is 0 Å². The van der Waals surface area contributed by atoms with E-state index in [0.29, 0.717) is 28.1 Å². The highest BCUT2D eigenvalue weighted by Gasteiger charge is 2.27. The van der Waals surface area contributed by atoms with Crippen molar-refractivity contribution in [3.05, 3.63) is 46.4 Å². The third-order valence-corrected chi connectivity index (χ3v) is 6.02. The molecule has 1 fully saturated rings. The number of carbonyl (C=O) groups is 1. The molecular weight excluding hydrogens is 366 g/mol. The normalized spacial score (nSPS) is 16.2. The number of hydrogen-bond acceptors (Lipinski definition) is 4. The van der Waals surface area contributed by atoms with Crippen LogP contribution in [0.25, 0.3) is 16.7 Å². The van der Waals surface area contributed by atoms with Gasteiger partial charge in [0.05, 0.1) is 6.04 Å². The van der Waals surface area contributed by atoms with Crippen LogP contribution in [0.5, 0.6) is 0 Å². The van der Waals surface area contributed by atoms with Gasteiger partial charge >= 0.3 is 0 Å². The monoisotopic (exact) mass is 394 g/mol. The minimum atomic E-state index is -0.217. The first-order valence-corrected chi connectivity index (χ1v) is 10.5. The van der Waals surface area contributed by atoms with Crippen molar-refractivity contribution in [2.75, 3.05) is 5.73 Å². The molecule has 0 bridgehead atoms. The van der Waals surface area contributed by atoms with Crippen LogP contribution in [0.15, 0.2) is 35.3 Å². The average Bonchev–Trinajstić information content (AvgIpc) is 2.74. The maximum absolute atomic E-state index is 13.2. The van der Waals surface area contributed by atoms with Crippen molar-refractivity contribution in [2.45, 2.75) is 64.5 Å². The Morgan fingerprint density at radius 3 is 2.83 bits per heavy atom. The number of nitrogen functional groups attached to an aromatic ring is 1. The SMILES string of the molecule is CC[C@H](C)[n+]1c(N)c(C(=O)NC2CCCCC2)cc2c(=O)n3ccccc3nc21. The summed E-state index contributed by atoms with van der Waals surface area (Å²) in [5, 5.41) is 3.52. The quantitative estimate of drug-likeness (QED) is 0.526. The summed E-state index contributed by atoms with van der Waals surface area (Å²) in [4.78, 5) is 30.9. The Morgan fingerprint density at radius 1 is 1.34 bits per heavy atom. The second-order valence-electron chi connectivity index (χ2n) is 7.96. The highest BCUT2D eigenvalue weighted by molar-refractivity contribution is 6.00. The fourth-order valence-electron chi connectivity index (χ4n) is 4.18. The molecular formula is C22H28N5O2+. The number of fused-ring (bicyclic) bond motifs is 2. The van der Waals surface area contributed by atoms with Gasteiger partial charge in [-0.3, -0.25) is 14.0 Å². The molecule has 3 heterocycles.